The number of ketones is 1. The molecule has 0 atom stereocenters. The molecule has 0 aliphatic carbocycles. The minimum Gasteiger partial charge on any atom is -0.481 e. The Labute approximate surface area is 146 Å². The van der Waals surface area contributed by atoms with Gasteiger partial charge in [-0.05, 0) is 23.8 Å². The summed E-state index contributed by atoms with van der Waals surface area (Å²) in [5.41, 5.74) is 1.02. The Bertz CT molecular complexity index is 900. The molecule has 4 nitrogen and oxygen atoms in total. The summed E-state index contributed by atoms with van der Waals surface area (Å²) in [5.74, 6) is -0.231. The molecule has 0 fully saturated rings. The molecule has 3 rings (SSSR count). The van der Waals surface area contributed by atoms with Crippen molar-refractivity contribution in [1.29, 1.82) is 0 Å². The summed E-state index contributed by atoms with van der Waals surface area (Å²) in [7, 11) is 0. The van der Waals surface area contributed by atoms with Gasteiger partial charge in [-0.15, -0.1) is 0 Å². The van der Waals surface area contributed by atoms with E-state index in [0.717, 1.165) is 10.8 Å². The lowest BCUT2D eigenvalue weighted by molar-refractivity contribution is -0.145. The molecule has 3 aromatic carbocycles. The van der Waals surface area contributed by atoms with Gasteiger partial charge in [0.2, 0.25) is 0 Å². The molecule has 0 aliphatic rings. The van der Waals surface area contributed by atoms with Gasteiger partial charge in [-0.3, -0.25) is 4.79 Å². The first-order chi connectivity index (χ1) is 12.2. The normalized spacial score (nSPS) is 10.4. The number of hydrogen-bond donors (Lipinski definition) is 0. The van der Waals surface area contributed by atoms with Gasteiger partial charge in [0.1, 0.15) is 5.75 Å². The van der Waals surface area contributed by atoms with Crippen LogP contribution >= 0.6 is 0 Å². The Kier molecular flexibility index (Phi) is 5.09. The molecule has 0 amide bonds. The van der Waals surface area contributed by atoms with Gasteiger partial charge in [-0.2, -0.15) is 0 Å². The standard InChI is InChI=1S/C21H18O4/c1-2-24-19(22)14-25-18-13-12-15-8-6-7-11-17(15)20(18)21(23)16-9-4-3-5-10-16/h3-13H,2,14H2,1H3. The Morgan fingerprint density at radius 3 is 2.36 bits per heavy atom. The van der Waals surface area contributed by atoms with Gasteiger partial charge in [-0.1, -0.05) is 60.7 Å². The first kappa shape index (κ1) is 16.7. The lowest BCUT2D eigenvalue weighted by Gasteiger charge is -2.13. The Morgan fingerprint density at radius 2 is 1.60 bits per heavy atom. The molecule has 0 saturated carbocycles. The van der Waals surface area contributed by atoms with Gasteiger partial charge < -0.3 is 9.47 Å². The number of esters is 1. The minimum absolute atomic E-state index is 0.142. The highest BCUT2D eigenvalue weighted by molar-refractivity contribution is 6.18. The molecular formula is C21H18O4. The average molecular weight is 334 g/mol. The fourth-order valence-corrected chi connectivity index (χ4v) is 2.68. The highest BCUT2D eigenvalue weighted by atomic mass is 16.6. The van der Waals surface area contributed by atoms with Gasteiger partial charge in [-0.25, -0.2) is 4.79 Å². The van der Waals surface area contributed by atoms with Crippen LogP contribution in [0.1, 0.15) is 22.8 Å². The van der Waals surface area contributed by atoms with Gasteiger partial charge in [0.05, 0.1) is 12.2 Å². The Morgan fingerprint density at radius 1 is 0.880 bits per heavy atom. The summed E-state index contributed by atoms with van der Waals surface area (Å²) in [6, 6.07) is 20.2. The van der Waals surface area contributed by atoms with Crippen LogP contribution in [-0.4, -0.2) is 25.0 Å². The molecule has 0 spiro atoms. The minimum atomic E-state index is -0.464. The van der Waals surface area contributed by atoms with E-state index in [0.29, 0.717) is 16.9 Å². The van der Waals surface area contributed by atoms with Crippen LogP contribution in [-0.2, 0) is 9.53 Å². The second-order valence-corrected chi connectivity index (χ2v) is 5.45. The number of benzene rings is 3. The van der Waals surface area contributed by atoms with Crippen molar-refractivity contribution in [2.24, 2.45) is 0 Å². The first-order valence-corrected chi connectivity index (χ1v) is 8.10. The van der Waals surface area contributed by atoms with Crippen molar-refractivity contribution in [2.75, 3.05) is 13.2 Å². The lowest BCUT2D eigenvalue weighted by Crippen LogP contribution is -2.16. The zero-order valence-electron chi connectivity index (χ0n) is 13.9. The Hall–Kier alpha value is -3.14. The number of carbonyl (C=O) groups excluding carboxylic acids is 2. The summed E-state index contributed by atoms with van der Waals surface area (Å²) in [6.45, 7) is 1.79. The number of hydrogen-bond acceptors (Lipinski definition) is 4. The van der Waals surface area contributed by atoms with Crippen molar-refractivity contribution >= 4 is 22.5 Å². The predicted octanol–water partition coefficient (Wildman–Crippen LogP) is 4.01. The maximum Gasteiger partial charge on any atom is 0.344 e. The van der Waals surface area contributed by atoms with E-state index in [1.165, 1.54) is 0 Å². The molecule has 0 aromatic heterocycles. The van der Waals surface area contributed by atoms with Crippen LogP contribution in [0.3, 0.4) is 0 Å². The maximum absolute atomic E-state index is 13.1. The second-order valence-electron chi connectivity index (χ2n) is 5.45. The zero-order chi connectivity index (χ0) is 17.6. The highest BCUT2D eigenvalue weighted by Crippen LogP contribution is 2.30. The monoisotopic (exact) mass is 334 g/mol. The van der Waals surface area contributed by atoms with Crippen molar-refractivity contribution in [2.45, 2.75) is 6.92 Å². The molecule has 4 heteroatoms. The lowest BCUT2D eigenvalue weighted by atomic mass is 9.96. The van der Waals surface area contributed by atoms with Crippen LogP contribution in [0.2, 0.25) is 0 Å². The number of carbonyl (C=O) groups is 2. The van der Waals surface area contributed by atoms with E-state index in [4.69, 9.17) is 9.47 Å². The van der Waals surface area contributed by atoms with Crippen LogP contribution in [0.4, 0.5) is 0 Å². The first-order valence-electron chi connectivity index (χ1n) is 8.10. The van der Waals surface area contributed by atoms with Crippen LogP contribution in [0.25, 0.3) is 10.8 Å². The molecule has 126 valence electrons. The molecule has 0 N–H and O–H groups in total. The fraction of sp³-hybridized carbons (Fsp3) is 0.143. The van der Waals surface area contributed by atoms with E-state index in [2.05, 4.69) is 0 Å². The molecule has 0 unspecified atom stereocenters. The molecule has 0 saturated heterocycles. The van der Waals surface area contributed by atoms with E-state index < -0.39 is 5.97 Å². The SMILES string of the molecule is CCOC(=O)COc1ccc2ccccc2c1C(=O)c1ccccc1. The van der Waals surface area contributed by atoms with Crippen LogP contribution in [0, 0.1) is 0 Å². The summed E-state index contributed by atoms with van der Waals surface area (Å²) >= 11 is 0. The third kappa shape index (κ3) is 3.69. The van der Waals surface area contributed by atoms with Crippen molar-refractivity contribution in [3.8, 4) is 5.75 Å². The van der Waals surface area contributed by atoms with Crippen LogP contribution < -0.4 is 4.74 Å². The van der Waals surface area contributed by atoms with Crippen molar-refractivity contribution in [3.05, 3.63) is 77.9 Å². The number of ether oxygens (including phenoxy) is 2. The van der Waals surface area contributed by atoms with Crippen LogP contribution in [0.5, 0.6) is 5.75 Å². The summed E-state index contributed by atoms with van der Waals surface area (Å²) in [6.07, 6.45) is 0. The number of rotatable bonds is 6. The largest absolute Gasteiger partial charge is 0.481 e. The summed E-state index contributed by atoms with van der Waals surface area (Å²) in [5, 5.41) is 1.72. The summed E-state index contributed by atoms with van der Waals surface area (Å²) in [4.78, 5) is 24.7. The summed E-state index contributed by atoms with van der Waals surface area (Å²) < 4.78 is 10.5. The molecule has 25 heavy (non-hydrogen) atoms. The van der Waals surface area contributed by atoms with E-state index >= 15 is 0 Å². The van der Waals surface area contributed by atoms with Gasteiger partial charge >= 0.3 is 5.97 Å². The maximum atomic E-state index is 13.1. The van der Waals surface area contributed by atoms with E-state index in [1.807, 2.05) is 48.5 Å². The second kappa shape index (κ2) is 7.62. The highest BCUT2D eigenvalue weighted by Gasteiger charge is 2.19. The quantitative estimate of drug-likeness (QED) is 0.505. The fourth-order valence-electron chi connectivity index (χ4n) is 2.68. The van der Waals surface area contributed by atoms with Crippen molar-refractivity contribution in [3.63, 3.8) is 0 Å². The van der Waals surface area contributed by atoms with Gasteiger partial charge in [0, 0.05) is 5.56 Å². The van der Waals surface area contributed by atoms with Gasteiger partial charge in [0.25, 0.3) is 0 Å². The average Bonchev–Trinajstić information content (AvgIpc) is 2.66. The third-order valence-electron chi connectivity index (χ3n) is 3.80. The van der Waals surface area contributed by atoms with E-state index in [1.54, 1.807) is 25.1 Å². The molecule has 0 heterocycles. The smallest absolute Gasteiger partial charge is 0.344 e. The predicted molar refractivity (Wildman–Crippen MR) is 96.0 cm³/mol. The topological polar surface area (TPSA) is 52.6 Å². The zero-order valence-corrected chi connectivity index (χ0v) is 13.9. The van der Waals surface area contributed by atoms with Crippen LogP contribution in [0.15, 0.2) is 66.7 Å². The molecular weight excluding hydrogens is 316 g/mol. The number of fused-ring (bicyclic) bond motifs is 1. The Balaban J connectivity index is 2.04. The van der Waals surface area contributed by atoms with Crippen molar-refractivity contribution < 1.29 is 19.1 Å². The molecule has 3 aromatic rings. The molecule has 0 radical (unpaired) electrons. The third-order valence-corrected chi connectivity index (χ3v) is 3.80. The molecule has 0 bridgehead atoms. The van der Waals surface area contributed by atoms with Crippen molar-refractivity contribution in [1.82, 2.24) is 0 Å². The molecule has 0 aliphatic heterocycles. The van der Waals surface area contributed by atoms with E-state index in [9.17, 15) is 9.59 Å². The van der Waals surface area contributed by atoms with E-state index in [-0.39, 0.29) is 19.0 Å². The van der Waals surface area contributed by atoms with Gasteiger partial charge in [0.15, 0.2) is 12.4 Å².